The number of benzene rings is 1. The fourth-order valence-electron chi connectivity index (χ4n) is 0.788. The highest BCUT2D eigenvalue weighted by atomic mass is 32.2. The van der Waals surface area contributed by atoms with Gasteiger partial charge in [0.05, 0.1) is 0 Å². The minimum atomic E-state index is 0.110. The predicted molar refractivity (Wildman–Crippen MR) is 49.3 cm³/mol. The molecule has 2 nitrogen and oxygen atoms in total. The fourth-order valence-corrected chi connectivity index (χ4v) is 1.20. The van der Waals surface area contributed by atoms with Crippen LogP contribution in [0.3, 0.4) is 0 Å². The van der Waals surface area contributed by atoms with Gasteiger partial charge in [0.1, 0.15) is 11.8 Å². The number of thioether (sulfide) groups is 1. The normalized spacial score (nSPS) is 9.00. The number of rotatable bonds is 3. The lowest BCUT2D eigenvalue weighted by molar-refractivity contribution is 0.368. The average Bonchev–Trinajstić information content (AvgIpc) is 2.15. The Labute approximate surface area is 76.2 Å². The summed E-state index contributed by atoms with van der Waals surface area (Å²) in [5, 5.41) is 8.25. The molecule has 0 N–H and O–H groups in total. The molecule has 0 amide bonds. The van der Waals surface area contributed by atoms with E-state index < -0.39 is 0 Å². The molecule has 0 aliphatic carbocycles. The number of hydrogen-bond acceptors (Lipinski definition) is 3. The minimum absolute atomic E-state index is 0.110. The third-order valence-corrected chi connectivity index (χ3v) is 2.11. The van der Waals surface area contributed by atoms with Gasteiger partial charge in [0.25, 0.3) is 0 Å². The van der Waals surface area contributed by atoms with E-state index in [1.165, 1.54) is 4.90 Å². The van der Waals surface area contributed by atoms with Crippen LogP contribution in [0.15, 0.2) is 29.2 Å². The Kier molecular flexibility index (Phi) is 3.49. The van der Waals surface area contributed by atoms with Crippen LogP contribution in [0.5, 0.6) is 5.75 Å². The molecule has 1 aromatic carbocycles. The second kappa shape index (κ2) is 4.68. The summed E-state index contributed by atoms with van der Waals surface area (Å²) in [4.78, 5) is 1.19. The Morgan fingerprint density at radius 1 is 1.42 bits per heavy atom. The molecule has 0 radical (unpaired) electrons. The maximum Gasteiger partial charge on any atom is 0.174 e. The molecule has 0 aliphatic rings. The van der Waals surface area contributed by atoms with Gasteiger partial charge in [-0.05, 0) is 30.5 Å². The van der Waals surface area contributed by atoms with E-state index in [1.54, 1.807) is 11.8 Å². The van der Waals surface area contributed by atoms with Crippen molar-refractivity contribution in [3.63, 3.8) is 0 Å². The minimum Gasteiger partial charge on any atom is -0.479 e. The zero-order valence-electron chi connectivity index (χ0n) is 6.78. The zero-order chi connectivity index (χ0) is 8.81. The van der Waals surface area contributed by atoms with Crippen LogP contribution in [0.1, 0.15) is 0 Å². The standard InChI is InChI=1S/C9H9NOS/c1-12-9-4-2-8(3-5-9)11-7-6-10/h2-5H,7H2,1H3. The Hall–Kier alpha value is -1.14. The number of hydrogen-bond donors (Lipinski definition) is 0. The second-order valence-corrected chi connectivity index (χ2v) is 3.00. The van der Waals surface area contributed by atoms with Crippen molar-refractivity contribution in [2.75, 3.05) is 12.9 Å². The van der Waals surface area contributed by atoms with E-state index >= 15 is 0 Å². The van der Waals surface area contributed by atoms with Crippen LogP contribution in [0.2, 0.25) is 0 Å². The highest BCUT2D eigenvalue weighted by molar-refractivity contribution is 7.98. The van der Waals surface area contributed by atoms with Crippen molar-refractivity contribution in [3.05, 3.63) is 24.3 Å². The van der Waals surface area contributed by atoms with Crippen molar-refractivity contribution in [2.24, 2.45) is 0 Å². The van der Waals surface area contributed by atoms with Gasteiger partial charge in [0, 0.05) is 4.90 Å². The second-order valence-electron chi connectivity index (χ2n) is 2.12. The Bertz CT molecular complexity index is 276. The van der Waals surface area contributed by atoms with Crippen LogP contribution in [0.25, 0.3) is 0 Å². The van der Waals surface area contributed by atoms with Crippen LogP contribution < -0.4 is 4.74 Å². The van der Waals surface area contributed by atoms with E-state index in [0.717, 1.165) is 5.75 Å². The topological polar surface area (TPSA) is 33.0 Å². The quantitative estimate of drug-likeness (QED) is 0.667. The van der Waals surface area contributed by atoms with Crippen molar-refractivity contribution in [1.82, 2.24) is 0 Å². The van der Waals surface area contributed by atoms with E-state index in [4.69, 9.17) is 10.00 Å². The lowest BCUT2D eigenvalue weighted by atomic mass is 10.3. The number of nitriles is 1. The molecule has 0 heterocycles. The first kappa shape index (κ1) is 8.95. The summed E-state index contributed by atoms with van der Waals surface area (Å²) in [5.74, 6) is 0.745. The monoisotopic (exact) mass is 179 g/mol. The van der Waals surface area contributed by atoms with Crippen molar-refractivity contribution in [2.45, 2.75) is 4.90 Å². The molecule has 0 saturated carbocycles. The van der Waals surface area contributed by atoms with Gasteiger partial charge in [-0.2, -0.15) is 5.26 Å². The zero-order valence-corrected chi connectivity index (χ0v) is 7.60. The van der Waals surface area contributed by atoms with Gasteiger partial charge in [0.15, 0.2) is 6.61 Å². The first-order valence-corrected chi connectivity index (χ1v) is 4.73. The molecule has 0 unspecified atom stereocenters. The van der Waals surface area contributed by atoms with E-state index in [2.05, 4.69) is 0 Å². The number of nitrogens with zero attached hydrogens (tertiary/aromatic N) is 1. The summed E-state index contributed by atoms with van der Waals surface area (Å²) in [6.07, 6.45) is 2.02. The molecular weight excluding hydrogens is 170 g/mol. The highest BCUT2D eigenvalue weighted by Gasteiger charge is 1.92. The summed E-state index contributed by atoms with van der Waals surface area (Å²) < 4.78 is 5.08. The Morgan fingerprint density at radius 2 is 2.08 bits per heavy atom. The van der Waals surface area contributed by atoms with Gasteiger partial charge < -0.3 is 4.74 Å². The third kappa shape index (κ3) is 2.48. The molecule has 0 aliphatic heterocycles. The summed E-state index contributed by atoms with van der Waals surface area (Å²) >= 11 is 1.68. The maximum atomic E-state index is 8.25. The van der Waals surface area contributed by atoms with Crippen LogP contribution in [0.4, 0.5) is 0 Å². The van der Waals surface area contributed by atoms with Crippen LogP contribution in [0, 0.1) is 11.3 Å². The molecule has 1 aromatic rings. The molecule has 3 heteroatoms. The molecule has 0 bridgehead atoms. The van der Waals surface area contributed by atoms with Crippen molar-refractivity contribution >= 4 is 11.8 Å². The summed E-state index contributed by atoms with van der Waals surface area (Å²) in [6, 6.07) is 9.59. The van der Waals surface area contributed by atoms with E-state index in [0.29, 0.717) is 0 Å². The summed E-state index contributed by atoms with van der Waals surface area (Å²) in [5.41, 5.74) is 0. The predicted octanol–water partition coefficient (Wildman–Crippen LogP) is 2.31. The Balaban J connectivity index is 2.60. The van der Waals surface area contributed by atoms with E-state index in [9.17, 15) is 0 Å². The molecular formula is C9H9NOS. The average molecular weight is 179 g/mol. The molecule has 0 atom stereocenters. The van der Waals surface area contributed by atoms with Gasteiger partial charge >= 0.3 is 0 Å². The first-order valence-electron chi connectivity index (χ1n) is 3.50. The van der Waals surface area contributed by atoms with Crippen LogP contribution in [-0.4, -0.2) is 12.9 Å². The Morgan fingerprint density at radius 3 is 2.58 bits per heavy atom. The first-order chi connectivity index (χ1) is 5.86. The molecule has 0 saturated heterocycles. The fraction of sp³-hybridized carbons (Fsp3) is 0.222. The molecule has 0 aromatic heterocycles. The summed E-state index contributed by atoms with van der Waals surface area (Å²) in [6.45, 7) is 0.110. The van der Waals surface area contributed by atoms with Gasteiger partial charge in [-0.25, -0.2) is 0 Å². The molecule has 62 valence electrons. The molecule has 0 spiro atoms. The van der Waals surface area contributed by atoms with Gasteiger partial charge in [-0.3, -0.25) is 0 Å². The highest BCUT2D eigenvalue weighted by Crippen LogP contribution is 2.18. The summed E-state index contributed by atoms with van der Waals surface area (Å²) in [7, 11) is 0. The molecule has 0 fully saturated rings. The maximum absolute atomic E-state index is 8.25. The third-order valence-electron chi connectivity index (χ3n) is 1.36. The van der Waals surface area contributed by atoms with Crippen LogP contribution in [-0.2, 0) is 0 Å². The lowest BCUT2D eigenvalue weighted by Crippen LogP contribution is -1.92. The smallest absolute Gasteiger partial charge is 0.174 e. The van der Waals surface area contributed by atoms with Crippen LogP contribution >= 0.6 is 11.8 Å². The van der Waals surface area contributed by atoms with Gasteiger partial charge in [-0.15, -0.1) is 11.8 Å². The van der Waals surface area contributed by atoms with Crippen molar-refractivity contribution in [1.29, 1.82) is 5.26 Å². The van der Waals surface area contributed by atoms with E-state index in [-0.39, 0.29) is 6.61 Å². The number of ether oxygens (including phenoxy) is 1. The van der Waals surface area contributed by atoms with E-state index in [1.807, 2.05) is 36.6 Å². The lowest BCUT2D eigenvalue weighted by Gasteiger charge is -2.01. The van der Waals surface area contributed by atoms with Gasteiger partial charge in [-0.1, -0.05) is 0 Å². The molecule has 1 rings (SSSR count). The largest absolute Gasteiger partial charge is 0.479 e. The van der Waals surface area contributed by atoms with Crippen molar-refractivity contribution < 1.29 is 4.74 Å². The SMILES string of the molecule is CSc1ccc(OCC#N)cc1. The van der Waals surface area contributed by atoms with Crippen molar-refractivity contribution in [3.8, 4) is 11.8 Å². The van der Waals surface area contributed by atoms with Gasteiger partial charge in [0.2, 0.25) is 0 Å². The molecule has 12 heavy (non-hydrogen) atoms.